The molecule has 0 fully saturated rings. The molecule has 0 saturated heterocycles. The molecular formula is C18H22BrF3N2S. The second-order valence-corrected chi connectivity index (χ2v) is 8.83. The minimum atomic E-state index is -4.29. The molecule has 25 heavy (non-hydrogen) atoms. The Morgan fingerprint density at radius 2 is 1.68 bits per heavy atom. The smallest absolute Gasteiger partial charge is 0.308 e. The van der Waals surface area contributed by atoms with Crippen molar-refractivity contribution >= 4 is 27.3 Å². The van der Waals surface area contributed by atoms with Crippen LogP contribution in [0.25, 0.3) is 0 Å². The van der Waals surface area contributed by atoms with Gasteiger partial charge in [-0.25, -0.2) is 0 Å². The van der Waals surface area contributed by atoms with E-state index in [1.54, 1.807) is 23.5 Å². The number of halogens is 4. The minimum absolute atomic E-state index is 0.603. The zero-order valence-electron chi connectivity index (χ0n) is 14.5. The Labute approximate surface area is 159 Å². The van der Waals surface area contributed by atoms with Gasteiger partial charge in [0.1, 0.15) is 0 Å². The second kappa shape index (κ2) is 8.66. The van der Waals surface area contributed by atoms with E-state index in [2.05, 4.69) is 38.7 Å². The molecule has 0 bridgehead atoms. The van der Waals surface area contributed by atoms with Crippen molar-refractivity contribution in [2.24, 2.45) is 0 Å². The van der Waals surface area contributed by atoms with Crippen LogP contribution in [0.2, 0.25) is 0 Å². The summed E-state index contributed by atoms with van der Waals surface area (Å²) >= 11 is 5.25. The predicted molar refractivity (Wildman–Crippen MR) is 101 cm³/mol. The average molecular weight is 435 g/mol. The second-order valence-electron chi connectivity index (χ2n) is 6.38. The minimum Gasteiger partial charge on any atom is -0.308 e. The molecule has 2 rings (SSSR count). The van der Waals surface area contributed by atoms with Gasteiger partial charge >= 0.3 is 6.18 Å². The van der Waals surface area contributed by atoms with E-state index in [1.165, 1.54) is 10.4 Å². The van der Waals surface area contributed by atoms with Gasteiger partial charge in [0.2, 0.25) is 0 Å². The van der Waals surface area contributed by atoms with Crippen LogP contribution in [-0.2, 0) is 19.3 Å². The summed E-state index contributed by atoms with van der Waals surface area (Å²) in [5.74, 6) is 0. The number of alkyl halides is 3. The molecule has 0 atom stereocenters. The molecule has 1 aromatic heterocycles. The average Bonchev–Trinajstić information content (AvgIpc) is 2.82. The largest absolute Gasteiger partial charge is 0.416 e. The molecule has 0 aliphatic rings. The molecule has 0 N–H and O–H groups in total. The van der Waals surface area contributed by atoms with Crippen LogP contribution in [0.15, 0.2) is 34.1 Å². The molecule has 7 heteroatoms. The highest BCUT2D eigenvalue weighted by Crippen LogP contribution is 2.30. The number of likely N-dealkylation sites (N-methyl/N-ethyl adjacent to an activating group) is 1. The van der Waals surface area contributed by atoms with Crippen molar-refractivity contribution in [1.29, 1.82) is 0 Å². The summed E-state index contributed by atoms with van der Waals surface area (Å²) in [6.07, 6.45) is -4.29. The van der Waals surface area contributed by atoms with Gasteiger partial charge in [-0.05, 0) is 66.3 Å². The van der Waals surface area contributed by atoms with Crippen LogP contribution >= 0.6 is 27.3 Å². The number of nitrogens with zero attached hydrogens (tertiary/aromatic N) is 2. The lowest BCUT2D eigenvalue weighted by molar-refractivity contribution is -0.137. The third-order valence-electron chi connectivity index (χ3n) is 3.84. The number of thiophene rings is 1. The van der Waals surface area contributed by atoms with E-state index in [9.17, 15) is 13.2 Å². The Balaban J connectivity index is 2.09. The van der Waals surface area contributed by atoms with Gasteiger partial charge in [-0.1, -0.05) is 12.1 Å². The van der Waals surface area contributed by atoms with Gasteiger partial charge in [0, 0.05) is 31.1 Å². The number of hydrogen-bond acceptors (Lipinski definition) is 3. The summed E-state index contributed by atoms with van der Waals surface area (Å²) in [5.41, 5.74) is 1.50. The molecule has 2 nitrogen and oxygen atoms in total. The van der Waals surface area contributed by atoms with Crippen LogP contribution in [0.5, 0.6) is 0 Å². The number of benzene rings is 1. The molecule has 0 aliphatic heterocycles. The molecule has 0 saturated carbocycles. The van der Waals surface area contributed by atoms with E-state index in [0.29, 0.717) is 6.54 Å². The van der Waals surface area contributed by atoms with Crippen molar-refractivity contribution < 1.29 is 13.2 Å². The van der Waals surface area contributed by atoms with Crippen LogP contribution in [-0.4, -0.2) is 37.0 Å². The SMILES string of the molecule is Cc1cc(CN(CCN(C)C)Cc2ccc(C(F)(F)F)cc2)sc1Br. The Morgan fingerprint density at radius 1 is 1.04 bits per heavy atom. The maximum Gasteiger partial charge on any atom is 0.416 e. The van der Waals surface area contributed by atoms with Crippen molar-refractivity contribution in [3.05, 3.63) is 55.7 Å². The summed E-state index contributed by atoms with van der Waals surface area (Å²) in [6.45, 7) is 5.21. The first-order valence-electron chi connectivity index (χ1n) is 7.93. The first kappa shape index (κ1) is 20.4. The van der Waals surface area contributed by atoms with Gasteiger partial charge in [-0.15, -0.1) is 11.3 Å². The third-order valence-corrected chi connectivity index (χ3v) is 5.96. The van der Waals surface area contributed by atoms with Crippen molar-refractivity contribution in [1.82, 2.24) is 9.80 Å². The van der Waals surface area contributed by atoms with E-state index >= 15 is 0 Å². The van der Waals surface area contributed by atoms with E-state index in [-0.39, 0.29) is 0 Å². The molecule has 0 unspecified atom stereocenters. The molecule has 0 spiro atoms. The highest BCUT2D eigenvalue weighted by Gasteiger charge is 2.29. The van der Waals surface area contributed by atoms with Gasteiger partial charge in [0.25, 0.3) is 0 Å². The van der Waals surface area contributed by atoms with Crippen LogP contribution in [0, 0.1) is 6.92 Å². The van der Waals surface area contributed by atoms with Crippen LogP contribution < -0.4 is 0 Å². The van der Waals surface area contributed by atoms with E-state index in [1.807, 2.05) is 14.1 Å². The van der Waals surface area contributed by atoms with Gasteiger partial charge in [-0.3, -0.25) is 4.90 Å². The monoisotopic (exact) mass is 434 g/mol. The number of rotatable bonds is 7. The summed E-state index contributed by atoms with van der Waals surface area (Å²) in [6, 6.07) is 7.61. The molecule has 2 aromatic rings. The van der Waals surface area contributed by atoms with Gasteiger partial charge in [0.15, 0.2) is 0 Å². The maximum absolute atomic E-state index is 12.7. The topological polar surface area (TPSA) is 6.48 Å². The van der Waals surface area contributed by atoms with E-state index in [0.717, 1.165) is 41.1 Å². The summed E-state index contributed by atoms with van der Waals surface area (Å²) < 4.78 is 39.2. The normalized spacial score (nSPS) is 12.4. The highest BCUT2D eigenvalue weighted by atomic mass is 79.9. The van der Waals surface area contributed by atoms with Crippen molar-refractivity contribution in [3.63, 3.8) is 0 Å². The fourth-order valence-corrected chi connectivity index (χ4v) is 4.11. The Kier molecular flexibility index (Phi) is 7.08. The maximum atomic E-state index is 12.7. The quantitative estimate of drug-likeness (QED) is 0.575. The zero-order valence-corrected chi connectivity index (χ0v) is 16.9. The first-order chi connectivity index (χ1) is 11.6. The van der Waals surface area contributed by atoms with Crippen molar-refractivity contribution in [2.75, 3.05) is 27.2 Å². The molecule has 0 aliphatic carbocycles. The van der Waals surface area contributed by atoms with Crippen LogP contribution in [0.3, 0.4) is 0 Å². The summed E-state index contributed by atoms with van der Waals surface area (Å²) in [7, 11) is 4.03. The Morgan fingerprint density at radius 3 is 2.16 bits per heavy atom. The standard InChI is InChI=1S/C18H22BrF3N2S/c1-13-10-16(25-17(13)19)12-24(9-8-23(2)3)11-14-4-6-15(7-5-14)18(20,21)22/h4-7,10H,8-9,11-12H2,1-3H3. The first-order valence-corrected chi connectivity index (χ1v) is 9.54. The third kappa shape index (κ3) is 6.40. The number of aryl methyl sites for hydroxylation is 1. The van der Waals surface area contributed by atoms with Crippen LogP contribution in [0.4, 0.5) is 13.2 Å². The molecule has 0 amide bonds. The Hall–Kier alpha value is -0.890. The lowest BCUT2D eigenvalue weighted by atomic mass is 10.1. The Bertz CT molecular complexity index is 661. The summed E-state index contributed by atoms with van der Waals surface area (Å²) in [4.78, 5) is 5.62. The molecular weight excluding hydrogens is 413 g/mol. The molecule has 138 valence electrons. The van der Waals surface area contributed by atoms with Gasteiger partial charge < -0.3 is 4.90 Å². The van der Waals surface area contributed by atoms with Gasteiger partial charge in [0.05, 0.1) is 9.35 Å². The molecule has 1 aromatic carbocycles. The number of hydrogen-bond donors (Lipinski definition) is 0. The van der Waals surface area contributed by atoms with Gasteiger partial charge in [-0.2, -0.15) is 13.2 Å². The zero-order chi connectivity index (χ0) is 18.6. The summed E-state index contributed by atoms with van der Waals surface area (Å²) in [5, 5.41) is 0. The van der Waals surface area contributed by atoms with E-state index in [4.69, 9.17) is 0 Å². The fraction of sp³-hybridized carbons (Fsp3) is 0.444. The predicted octanol–water partition coefficient (Wildman–Crippen LogP) is 5.40. The lowest BCUT2D eigenvalue weighted by Crippen LogP contribution is -2.30. The molecule has 1 heterocycles. The van der Waals surface area contributed by atoms with Crippen molar-refractivity contribution in [3.8, 4) is 0 Å². The fourth-order valence-electron chi connectivity index (χ4n) is 2.43. The van der Waals surface area contributed by atoms with E-state index < -0.39 is 11.7 Å². The lowest BCUT2D eigenvalue weighted by Gasteiger charge is -2.24. The van der Waals surface area contributed by atoms with Crippen molar-refractivity contribution in [2.45, 2.75) is 26.2 Å². The van der Waals surface area contributed by atoms with Crippen LogP contribution in [0.1, 0.15) is 21.6 Å². The molecule has 0 radical (unpaired) electrons. The highest BCUT2D eigenvalue weighted by molar-refractivity contribution is 9.11.